The van der Waals surface area contributed by atoms with Gasteiger partial charge in [0, 0.05) is 0 Å². The molecular formula is C17H25NO5. The van der Waals surface area contributed by atoms with Crippen molar-refractivity contribution in [1.29, 1.82) is 0 Å². The molecule has 0 fully saturated rings. The quantitative estimate of drug-likeness (QED) is 0.843. The number of esters is 1. The van der Waals surface area contributed by atoms with E-state index in [0.29, 0.717) is 0 Å². The SMILES string of the molecule is COc1ccc(COC(=O)C(C)(C)NC(=O)OC(C)(C)C)cc1. The van der Waals surface area contributed by atoms with E-state index >= 15 is 0 Å². The summed E-state index contributed by atoms with van der Waals surface area (Å²) in [6.45, 7) is 8.49. The lowest BCUT2D eigenvalue weighted by molar-refractivity contribution is -0.151. The summed E-state index contributed by atoms with van der Waals surface area (Å²) in [5, 5.41) is 2.51. The molecule has 0 heterocycles. The molecule has 0 radical (unpaired) electrons. The fourth-order valence-corrected chi connectivity index (χ4v) is 1.66. The molecule has 1 amide bonds. The zero-order valence-electron chi connectivity index (χ0n) is 14.6. The zero-order valence-corrected chi connectivity index (χ0v) is 14.6. The highest BCUT2D eigenvalue weighted by Gasteiger charge is 2.33. The van der Waals surface area contributed by atoms with Crippen molar-refractivity contribution in [3.05, 3.63) is 29.8 Å². The van der Waals surface area contributed by atoms with Crippen LogP contribution in [0.15, 0.2) is 24.3 Å². The Morgan fingerprint density at radius 2 is 1.61 bits per heavy atom. The van der Waals surface area contributed by atoms with Gasteiger partial charge in [-0.2, -0.15) is 0 Å². The molecule has 0 aliphatic rings. The first kappa shape index (κ1) is 18.8. The van der Waals surface area contributed by atoms with Crippen LogP contribution in [0.25, 0.3) is 0 Å². The van der Waals surface area contributed by atoms with Gasteiger partial charge in [0.1, 0.15) is 23.5 Å². The number of nitrogens with one attached hydrogen (secondary N) is 1. The molecule has 6 heteroatoms. The molecule has 0 unspecified atom stereocenters. The van der Waals surface area contributed by atoms with Gasteiger partial charge in [0.15, 0.2) is 0 Å². The van der Waals surface area contributed by atoms with Crippen molar-refractivity contribution in [3.8, 4) is 5.75 Å². The molecule has 1 aromatic carbocycles. The van der Waals surface area contributed by atoms with Gasteiger partial charge in [-0.05, 0) is 52.3 Å². The van der Waals surface area contributed by atoms with Gasteiger partial charge < -0.3 is 19.5 Å². The van der Waals surface area contributed by atoms with E-state index in [4.69, 9.17) is 14.2 Å². The summed E-state index contributed by atoms with van der Waals surface area (Å²) in [5.41, 5.74) is -0.991. The lowest BCUT2D eigenvalue weighted by atomic mass is 10.1. The Kier molecular flexibility index (Phi) is 6.01. The molecule has 0 saturated carbocycles. The molecule has 6 nitrogen and oxygen atoms in total. The number of methoxy groups -OCH3 is 1. The second-order valence-corrected chi connectivity index (χ2v) is 6.68. The van der Waals surface area contributed by atoms with Gasteiger partial charge in [-0.15, -0.1) is 0 Å². The molecule has 0 aliphatic carbocycles. The molecule has 0 atom stereocenters. The lowest BCUT2D eigenvalue weighted by Gasteiger charge is -2.27. The second kappa shape index (κ2) is 7.35. The van der Waals surface area contributed by atoms with Crippen molar-refractivity contribution < 1.29 is 23.8 Å². The molecule has 0 aliphatic heterocycles. The van der Waals surface area contributed by atoms with Gasteiger partial charge in [-0.3, -0.25) is 0 Å². The summed E-state index contributed by atoms with van der Waals surface area (Å²) in [4.78, 5) is 23.9. The fourth-order valence-electron chi connectivity index (χ4n) is 1.66. The number of carbonyl (C=O) groups excluding carboxylic acids is 2. The van der Waals surface area contributed by atoms with Crippen molar-refractivity contribution in [2.24, 2.45) is 0 Å². The Hall–Kier alpha value is -2.24. The first-order chi connectivity index (χ1) is 10.5. The number of alkyl carbamates (subject to hydrolysis) is 1. The van der Waals surface area contributed by atoms with Crippen molar-refractivity contribution in [1.82, 2.24) is 5.32 Å². The van der Waals surface area contributed by atoms with Crippen molar-refractivity contribution in [2.45, 2.75) is 52.4 Å². The number of hydrogen-bond donors (Lipinski definition) is 1. The van der Waals surface area contributed by atoms with Crippen molar-refractivity contribution in [2.75, 3.05) is 7.11 Å². The molecule has 1 aromatic rings. The number of rotatable bonds is 5. The molecule has 0 aromatic heterocycles. The first-order valence-corrected chi connectivity index (χ1v) is 7.35. The molecule has 128 valence electrons. The third kappa shape index (κ3) is 6.59. The maximum atomic E-state index is 12.1. The molecule has 0 spiro atoms. The largest absolute Gasteiger partial charge is 0.497 e. The molecule has 23 heavy (non-hydrogen) atoms. The third-order valence-corrected chi connectivity index (χ3v) is 2.85. The first-order valence-electron chi connectivity index (χ1n) is 7.35. The summed E-state index contributed by atoms with van der Waals surface area (Å²) in [6.07, 6.45) is -0.663. The van der Waals surface area contributed by atoms with Crippen LogP contribution in [0.2, 0.25) is 0 Å². The summed E-state index contributed by atoms with van der Waals surface area (Å²) in [7, 11) is 1.58. The van der Waals surface area contributed by atoms with Crippen molar-refractivity contribution in [3.63, 3.8) is 0 Å². The predicted molar refractivity (Wildman–Crippen MR) is 86.2 cm³/mol. The van der Waals surface area contributed by atoms with Crippen LogP contribution in [0.5, 0.6) is 5.75 Å². The Morgan fingerprint density at radius 1 is 1.04 bits per heavy atom. The summed E-state index contributed by atoms with van der Waals surface area (Å²) in [5.74, 6) is 0.186. The van der Waals surface area contributed by atoms with E-state index < -0.39 is 23.2 Å². The van der Waals surface area contributed by atoms with Gasteiger partial charge >= 0.3 is 12.1 Å². The minimum Gasteiger partial charge on any atom is -0.497 e. The zero-order chi connectivity index (χ0) is 17.7. The number of amides is 1. The highest BCUT2D eigenvalue weighted by Crippen LogP contribution is 2.14. The molecule has 0 bridgehead atoms. The van der Waals surface area contributed by atoms with Gasteiger partial charge in [0.25, 0.3) is 0 Å². The van der Waals surface area contributed by atoms with Crippen molar-refractivity contribution >= 4 is 12.1 Å². The smallest absolute Gasteiger partial charge is 0.408 e. The van der Waals surface area contributed by atoms with Gasteiger partial charge in [0.2, 0.25) is 0 Å². The Balaban J connectivity index is 2.55. The average molecular weight is 323 g/mol. The van der Waals surface area contributed by atoms with E-state index in [0.717, 1.165) is 11.3 Å². The van der Waals surface area contributed by atoms with E-state index in [-0.39, 0.29) is 6.61 Å². The number of hydrogen-bond acceptors (Lipinski definition) is 5. The Labute approximate surface area is 137 Å². The van der Waals surface area contributed by atoms with E-state index in [9.17, 15) is 9.59 Å². The van der Waals surface area contributed by atoms with Gasteiger partial charge in [-0.1, -0.05) is 12.1 Å². The highest BCUT2D eigenvalue weighted by atomic mass is 16.6. The normalized spacial score (nSPS) is 11.6. The minimum atomic E-state index is -1.19. The minimum absolute atomic E-state index is 0.113. The van der Waals surface area contributed by atoms with E-state index in [2.05, 4.69) is 5.32 Å². The average Bonchev–Trinajstić information content (AvgIpc) is 2.42. The molecular weight excluding hydrogens is 298 g/mol. The van der Waals surface area contributed by atoms with Crippen LogP contribution in [0.4, 0.5) is 4.79 Å². The van der Waals surface area contributed by atoms with Crippen LogP contribution in [-0.4, -0.2) is 30.3 Å². The highest BCUT2D eigenvalue weighted by molar-refractivity contribution is 5.84. The molecule has 0 saturated heterocycles. The third-order valence-electron chi connectivity index (χ3n) is 2.85. The molecule has 1 N–H and O–H groups in total. The topological polar surface area (TPSA) is 73.9 Å². The predicted octanol–water partition coefficient (Wildman–Crippen LogP) is 3.04. The summed E-state index contributed by atoms with van der Waals surface area (Å²) in [6, 6.07) is 7.18. The number of benzene rings is 1. The molecule has 1 rings (SSSR count). The maximum absolute atomic E-state index is 12.1. The van der Waals surface area contributed by atoms with Crippen LogP contribution in [0.1, 0.15) is 40.2 Å². The van der Waals surface area contributed by atoms with Crippen LogP contribution < -0.4 is 10.1 Å². The van der Waals surface area contributed by atoms with Crippen LogP contribution in [0.3, 0.4) is 0 Å². The fraction of sp³-hybridized carbons (Fsp3) is 0.529. The van der Waals surface area contributed by atoms with Gasteiger partial charge in [-0.25, -0.2) is 9.59 Å². The van der Waals surface area contributed by atoms with E-state index in [1.165, 1.54) is 0 Å². The number of carbonyl (C=O) groups is 2. The standard InChI is InChI=1S/C17H25NO5/c1-16(2,3)23-15(20)18-17(4,5)14(19)22-11-12-7-9-13(21-6)10-8-12/h7-10H,11H2,1-6H3,(H,18,20). The van der Waals surface area contributed by atoms with E-state index in [1.807, 2.05) is 0 Å². The van der Waals surface area contributed by atoms with Gasteiger partial charge in [0.05, 0.1) is 7.11 Å². The summed E-state index contributed by atoms with van der Waals surface area (Å²) < 4.78 is 15.5. The van der Waals surface area contributed by atoms with Crippen LogP contribution >= 0.6 is 0 Å². The maximum Gasteiger partial charge on any atom is 0.408 e. The summed E-state index contributed by atoms with van der Waals surface area (Å²) >= 11 is 0. The second-order valence-electron chi connectivity index (χ2n) is 6.68. The lowest BCUT2D eigenvalue weighted by Crippen LogP contribution is -2.51. The van der Waals surface area contributed by atoms with Crippen LogP contribution in [-0.2, 0) is 20.9 Å². The number of ether oxygens (including phenoxy) is 3. The van der Waals surface area contributed by atoms with Crippen LogP contribution in [0, 0.1) is 0 Å². The Bertz CT molecular complexity index is 543. The Morgan fingerprint density at radius 3 is 2.09 bits per heavy atom. The van der Waals surface area contributed by atoms with E-state index in [1.54, 1.807) is 66.0 Å². The monoisotopic (exact) mass is 323 g/mol.